The summed E-state index contributed by atoms with van der Waals surface area (Å²) in [6, 6.07) is 20.3. The second-order valence-corrected chi connectivity index (χ2v) is 5.87. The van der Waals surface area contributed by atoms with Gasteiger partial charge in [0.05, 0.1) is 11.4 Å². The summed E-state index contributed by atoms with van der Waals surface area (Å²) < 4.78 is 0. The van der Waals surface area contributed by atoms with Crippen molar-refractivity contribution in [1.29, 1.82) is 0 Å². The predicted molar refractivity (Wildman–Crippen MR) is 98.0 cm³/mol. The van der Waals surface area contributed by atoms with Crippen LogP contribution in [0.25, 0.3) is 11.0 Å². The lowest BCUT2D eigenvalue weighted by atomic mass is 10.1. The Morgan fingerprint density at radius 3 is 1.88 bits per heavy atom. The minimum absolute atomic E-state index is 0.252. The van der Waals surface area contributed by atoms with Crippen LogP contribution in [0.5, 0.6) is 0 Å². The van der Waals surface area contributed by atoms with Gasteiger partial charge in [-0.1, -0.05) is 60.7 Å². The van der Waals surface area contributed by atoms with Gasteiger partial charge in [0, 0.05) is 12.8 Å². The van der Waals surface area contributed by atoms with Gasteiger partial charge >= 0.3 is 0 Å². The van der Waals surface area contributed by atoms with E-state index < -0.39 is 0 Å². The van der Waals surface area contributed by atoms with Crippen LogP contribution in [0.1, 0.15) is 22.5 Å². The molecule has 5 nitrogen and oxygen atoms in total. The molecular formula is C20H17N5. The van der Waals surface area contributed by atoms with Crippen LogP contribution in [0.4, 0.5) is 5.95 Å². The molecule has 25 heavy (non-hydrogen) atoms. The molecule has 4 aromatic rings. The smallest absolute Gasteiger partial charge is 0.220 e. The van der Waals surface area contributed by atoms with Crippen molar-refractivity contribution in [2.24, 2.45) is 0 Å². The Hall–Kier alpha value is -3.34. The third-order valence-electron chi connectivity index (χ3n) is 4.08. The molecule has 2 N–H and O–H groups in total. The maximum atomic E-state index is 5.96. The molecule has 0 saturated heterocycles. The zero-order valence-electron chi connectivity index (χ0n) is 13.6. The molecule has 0 aliphatic heterocycles. The maximum absolute atomic E-state index is 5.96. The molecule has 2 aromatic heterocycles. The van der Waals surface area contributed by atoms with Crippen molar-refractivity contribution >= 4 is 17.0 Å². The lowest BCUT2D eigenvalue weighted by molar-refractivity contribution is 1.01. The average molecular weight is 327 g/mol. The van der Waals surface area contributed by atoms with Gasteiger partial charge in [-0.3, -0.25) is 0 Å². The Balaban J connectivity index is 1.79. The lowest BCUT2D eigenvalue weighted by Crippen LogP contribution is -2.06. The van der Waals surface area contributed by atoms with Crippen LogP contribution in [0, 0.1) is 0 Å². The van der Waals surface area contributed by atoms with E-state index in [1.807, 2.05) is 36.4 Å². The zero-order valence-corrected chi connectivity index (χ0v) is 13.6. The monoisotopic (exact) mass is 327 g/mol. The highest BCUT2D eigenvalue weighted by molar-refractivity contribution is 5.80. The lowest BCUT2D eigenvalue weighted by Gasteiger charge is -2.09. The first-order valence-electron chi connectivity index (χ1n) is 8.13. The SMILES string of the molecule is Nc1nc(Cc2ccccc2)c2ncnc(Cc3ccccc3)c2n1. The number of hydrogen-bond acceptors (Lipinski definition) is 5. The number of anilines is 1. The van der Waals surface area contributed by atoms with E-state index in [9.17, 15) is 0 Å². The molecule has 0 aliphatic rings. The molecule has 0 amide bonds. The van der Waals surface area contributed by atoms with Crippen LogP contribution < -0.4 is 5.73 Å². The molecule has 0 radical (unpaired) electrons. The van der Waals surface area contributed by atoms with Crippen LogP contribution in [0.15, 0.2) is 67.0 Å². The van der Waals surface area contributed by atoms with Crippen molar-refractivity contribution < 1.29 is 0 Å². The van der Waals surface area contributed by atoms with Crippen molar-refractivity contribution in [3.63, 3.8) is 0 Å². The van der Waals surface area contributed by atoms with Crippen LogP contribution in [-0.4, -0.2) is 19.9 Å². The summed E-state index contributed by atoms with van der Waals surface area (Å²) in [6.07, 6.45) is 2.92. The topological polar surface area (TPSA) is 77.6 Å². The summed E-state index contributed by atoms with van der Waals surface area (Å²) in [5.41, 5.74) is 11.5. The molecule has 0 bridgehead atoms. The van der Waals surface area contributed by atoms with Crippen molar-refractivity contribution in [3.05, 3.63) is 89.5 Å². The summed E-state index contributed by atoms with van der Waals surface area (Å²) >= 11 is 0. The first kappa shape index (κ1) is 15.2. The number of aromatic nitrogens is 4. The third kappa shape index (κ3) is 3.30. The molecule has 0 aliphatic carbocycles. The van der Waals surface area contributed by atoms with Gasteiger partial charge in [0.15, 0.2) is 0 Å². The second kappa shape index (κ2) is 6.65. The first-order valence-corrected chi connectivity index (χ1v) is 8.13. The Bertz CT molecular complexity index is 1000. The van der Waals surface area contributed by atoms with E-state index >= 15 is 0 Å². The van der Waals surface area contributed by atoms with Gasteiger partial charge in [-0.15, -0.1) is 0 Å². The molecule has 4 rings (SSSR count). The number of nitrogens with zero attached hydrogens (tertiary/aromatic N) is 4. The maximum Gasteiger partial charge on any atom is 0.220 e. The van der Waals surface area contributed by atoms with E-state index in [-0.39, 0.29) is 5.95 Å². The van der Waals surface area contributed by atoms with E-state index in [0.717, 1.165) is 28.0 Å². The molecule has 2 aromatic carbocycles. The van der Waals surface area contributed by atoms with E-state index in [2.05, 4.69) is 44.2 Å². The van der Waals surface area contributed by atoms with E-state index in [1.165, 1.54) is 5.56 Å². The minimum Gasteiger partial charge on any atom is -0.368 e. The normalized spacial score (nSPS) is 10.9. The Labute approximate surface area is 145 Å². The molecular weight excluding hydrogens is 310 g/mol. The van der Waals surface area contributed by atoms with Crippen molar-refractivity contribution in [2.75, 3.05) is 5.73 Å². The number of rotatable bonds is 4. The highest BCUT2D eigenvalue weighted by Gasteiger charge is 2.13. The summed E-state index contributed by atoms with van der Waals surface area (Å²) in [4.78, 5) is 17.7. The fourth-order valence-electron chi connectivity index (χ4n) is 2.91. The predicted octanol–water partition coefficient (Wildman–Crippen LogP) is 3.18. The first-order chi connectivity index (χ1) is 12.3. The van der Waals surface area contributed by atoms with Crippen molar-refractivity contribution in [3.8, 4) is 0 Å². The number of nitrogen functional groups attached to an aromatic ring is 1. The quantitative estimate of drug-likeness (QED) is 0.623. The van der Waals surface area contributed by atoms with Crippen LogP contribution in [-0.2, 0) is 12.8 Å². The number of nitrogens with two attached hydrogens (primary N) is 1. The average Bonchev–Trinajstić information content (AvgIpc) is 2.64. The van der Waals surface area contributed by atoms with E-state index in [4.69, 9.17) is 5.73 Å². The molecule has 0 atom stereocenters. The van der Waals surface area contributed by atoms with Gasteiger partial charge in [0.2, 0.25) is 5.95 Å². The fourth-order valence-corrected chi connectivity index (χ4v) is 2.91. The van der Waals surface area contributed by atoms with Gasteiger partial charge in [0.1, 0.15) is 17.4 Å². The molecule has 122 valence electrons. The molecule has 5 heteroatoms. The number of benzene rings is 2. The van der Waals surface area contributed by atoms with Crippen molar-refractivity contribution in [2.45, 2.75) is 12.8 Å². The van der Waals surface area contributed by atoms with Crippen LogP contribution in [0.3, 0.4) is 0 Å². The standard InChI is InChI=1S/C20H17N5/c21-20-24-17(12-15-9-5-2-6-10-15)18-19(25-20)16(22-13-23-18)11-14-7-3-1-4-8-14/h1-10,13H,11-12H2,(H2,21,24,25). The van der Waals surface area contributed by atoms with Gasteiger partial charge in [0.25, 0.3) is 0 Å². The number of hydrogen-bond donors (Lipinski definition) is 1. The Morgan fingerprint density at radius 1 is 0.640 bits per heavy atom. The number of fused-ring (bicyclic) bond motifs is 1. The fraction of sp³-hybridized carbons (Fsp3) is 0.100. The molecule has 0 saturated carbocycles. The van der Waals surface area contributed by atoms with Crippen LogP contribution in [0.2, 0.25) is 0 Å². The molecule has 2 heterocycles. The highest BCUT2D eigenvalue weighted by Crippen LogP contribution is 2.21. The van der Waals surface area contributed by atoms with E-state index in [1.54, 1.807) is 6.33 Å². The third-order valence-corrected chi connectivity index (χ3v) is 4.08. The molecule has 0 spiro atoms. The minimum atomic E-state index is 0.252. The summed E-state index contributed by atoms with van der Waals surface area (Å²) in [5.74, 6) is 0.252. The van der Waals surface area contributed by atoms with Gasteiger partial charge < -0.3 is 5.73 Å². The molecule has 0 fully saturated rings. The largest absolute Gasteiger partial charge is 0.368 e. The highest BCUT2D eigenvalue weighted by atomic mass is 15.0. The Kier molecular flexibility index (Phi) is 4.04. The van der Waals surface area contributed by atoms with Crippen LogP contribution >= 0.6 is 0 Å². The molecule has 0 unspecified atom stereocenters. The Morgan fingerprint density at radius 2 is 1.24 bits per heavy atom. The van der Waals surface area contributed by atoms with Gasteiger partial charge in [-0.05, 0) is 11.1 Å². The second-order valence-electron chi connectivity index (χ2n) is 5.87. The zero-order chi connectivity index (χ0) is 17.1. The van der Waals surface area contributed by atoms with Gasteiger partial charge in [-0.2, -0.15) is 0 Å². The summed E-state index contributed by atoms with van der Waals surface area (Å²) in [5, 5.41) is 0. The van der Waals surface area contributed by atoms with Crippen molar-refractivity contribution in [1.82, 2.24) is 19.9 Å². The summed E-state index contributed by atoms with van der Waals surface area (Å²) in [6.45, 7) is 0. The summed E-state index contributed by atoms with van der Waals surface area (Å²) in [7, 11) is 0. The van der Waals surface area contributed by atoms with Gasteiger partial charge in [-0.25, -0.2) is 19.9 Å². The van der Waals surface area contributed by atoms with E-state index in [0.29, 0.717) is 12.8 Å².